The Labute approximate surface area is 152 Å². The summed E-state index contributed by atoms with van der Waals surface area (Å²) in [4.78, 5) is 35.0. The first-order valence-electron chi connectivity index (χ1n) is 8.51. The summed E-state index contributed by atoms with van der Waals surface area (Å²) >= 11 is 0. The number of amides is 2. The van der Waals surface area contributed by atoms with E-state index >= 15 is 0 Å². The zero-order valence-electron chi connectivity index (χ0n) is 15.5. The normalized spacial score (nSPS) is 12.6. The highest BCUT2D eigenvalue weighted by Crippen LogP contribution is 2.28. The average Bonchev–Trinajstić information content (AvgIpc) is 2.60. The van der Waals surface area contributed by atoms with Gasteiger partial charge < -0.3 is 25.2 Å². The lowest BCUT2D eigenvalue weighted by molar-refractivity contribution is -0.139. The van der Waals surface area contributed by atoms with Crippen LogP contribution in [0.2, 0.25) is 0 Å². The molecular formula is C18H26N2O6. The van der Waals surface area contributed by atoms with Crippen molar-refractivity contribution in [2.75, 3.05) is 13.2 Å². The number of ether oxygens (including phenoxy) is 2. The first kappa shape index (κ1) is 21.3. The molecule has 1 aromatic rings. The highest BCUT2D eigenvalue weighted by Gasteiger charge is 2.19. The molecule has 0 saturated heterocycles. The molecule has 26 heavy (non-hydrogen) atoms. The van der Waals surface area contributed by atoms with Crippen LogP contribution in [-0.2, 0) is 9.59 Å². The van der Waals surface area contributed by atoms with Gasteiger partial charge in [0.2, 0.25) is 5.91 Å². The van der Waals surface area contributed by atoms with Crippen molar-refractivity contribution < 1.29 is 29.0 Å². The predicted octanol–water partition coefficient (Wildman–Crippen LogP) is 1.58. The minimum absolute atomic E-state index is 0.0251. The van der Waals surface area contributed by atoms with Crippen molar-refractivity contribution in [2.24, 2.45) is 0 Å². The summed E-state index contributed by atoms with van der Waals surface area (Å²) < 4.78 is 10.5. The van der Waals surface area contributed by atoms with Gasteiger partial charge in [-0.15, -0.1) is 0 Å². The van der Waals surface area contributed by atoms with E-state index in [2.05, 4.69) is 10.6 Å². The van der Waals surface area contributed by atoms with Gasteiger partial charge in [0, 0.05) is 11.6 Å². The summed E-state index contributed by atoms with van der Waals surface area (Å²) in [6.07, 6.45) is 0.794. The molecule has 2 unspecified atom stereocenters. The highest BCUT2D eigenvalue weighted by atomic mass is 16.5. The second kappa shape index (κ2) is 10.3. The molecular weight excluding hydrogens is 340 g/mol. The Kier molecular flexibility index (Phi) is 8.41. The maximum atomic E-state index is 12.4. The molecule has 2 atom stereocenters. The van der Waals surface area contributed by atoms with Gasteiger partial charge in [-0.25, -0.2) is 4.79 Å². The Hall–Kier alpha value is -2.77. The van der Waals surface area contributed by atoms with Crippen molar-refractivity contribution in [2.45, 2.75) is 46.2 Å². The highest BCUT2D eigenvalue weighted by molar-refractivity contribution is 5.98. The van der Waals surface area contributed by atoms with Gasteiger partial charge in [0.25, 0.3) is 5.91 Å². The van der Waals surface area contributed by atoms with Crippen molar-refractivity contribution in [3.8, 4) is 11.5 Å². The largest absolute Gasteiger partial charge is 0.490 e. The van der Waals surface area contributed by atoms with Gasteiger partial charge in [-0.1, -0.05) is 6.92 Å². The fourth-order valence-electron chi connectivity index (χ4n) is 1.99. The molecule has 0 aliphatic carbocycles. The van der Waals surface area contributed by atoms with Gasteiger partial charge in [-0.05, 0) is 45.4 Å². The summed E-state index contributed by atoms with van der Waals surface area (Å²) in [6, 6.07) is 3.73. The van der Waals surface area contributed by atoms with E-state index < -0.39 is 24.5 Å². The number of carbonyl (C=O) groups excluding carboxylic acids is 2. The second-order valence-electron chi connectivity index (χ2n) is 5.79. The van der Waals surface area contributed by atoms with Crippen LogP contribution in [0.15, 0.2) is 18.2 Å². The van der Waals surface area contributed by atoms with Crippen molar-refractivity contribution in [1.29, 1.82) is 0 Å². The summed E-state index contributed by atoms with van der Waals surface area (Å²) in [5.41, 5.74) is 0.277. The molecule has 0 bridgehead atoms. The van der Waals surface area contributed by atoms with Crippen LogP contribution in [0.25, 0.3) is 0 Å². The molecule has 0 aliphatic heterocycles. The van der Waals surface area contributed by atoms with Crippen LogP contribution < -0.4 is 20.1 Å². The molecule has 0 heterocycles. The maximum Gasteiger partial charge on any atom is 0.341 e. The third-order valence-corrected chi connectivity index (χ3v) is 3.60. The van der Waals surface area contributed by atoms with Crippen LogP contribution in [0.4, 0.5) is 0 Å². The maximum absolute atomic E-state index is 12.4. The Bertz CT molecular complexity index is 647. The van der Waals surface area contributed by atoms with Crippen molar-refractivity contribution in [3.63, 3.8) is 0 Å². The molecule has 8 nitrogen and oxygen atoms in total. The lowest BCUT2D eigenvalue weighted by Gasteiger charge is -2.18. The third-order valence-electron chi connectivity index (χ3n) is 3.60. The Balaban J connectivity index is 2.83. The van der Waals surface area contributed by atoms with Crippen molar-refractivity contribution >= 4 is 17.8 Å². The molecule has 0 spiro atoms. The van der Waals surface area contributed by atoms with Crippen LogP contribution in [-0.4, -0.2) is 48.2 Å². The molecule has 1 aromatic carbocycles. The SMILES string of the molecule is CCOc1cc(C(=O)NC(C)C(=O)NC(C)CC)ccc1OCC(=O)O. The number of nitrogens with one attached hydrogen (secondary N) is 2. The molecule has 0 aromatic heterocycles. The number of carboxylic acids is 1. The molecule has 0 fully saturated rings. The average molecular weight is 366 g/mol. The number of benzene rings is 1. The zero-order chi connectivity index (χ0) is 19.7. The van der Waals surface area contributed by atoms with E-state index in [4.69, 9.17) is 14.6 Å². The van der Waals surface area contributed by atoms with E-state index in [-0.39, 0.29) is 29.0 Å². The minimum atomic E-state index is -1.12. The van der Waals surface area contributed by atoms with Gasteiger partial charge in [0.15, 0.2) is 18.1 Å². The molecule has 0 aliphatic rings. The quantitative estimate of drug-likeness (QED) is 0.579. The first-order chi connectivity index (χ1) is 12.3. The molecule has 0 radical (unpaired) electrons. The van der Waals surface area contributed by atoms with Crippen LogP contribution in [0.3, 0.4) is 0 Å². The smallest absolute Gasteiger partial charge is 0.341 e. The summed E-state index contributed by atoms with van der Waals surface area (Å²) in [5.74, 6) is -1.33. The van der Waals surface area contributed by atoms with Crippen molar-refractivity contribution in [3.05, 3.63) is 23.8 Å². The molecule has 3 N–H and O–H groups in total. The van der Waals surface area contributed by atoms with E-state index in [1.165, 1.54) is 18.2 Å². The molecule has 8 heteroatoms. The molecule has 0 saturated carbocycles. The fourth-order valence-corrected chi connectivity index (χ4v) is 1.99. The lowest BCUT2D eigenvalue weighted by atomic mass is 10.1. The Morgan fingerprint density at radius 1 is 1.08 bits per heavy atom. The second-order valence-corrected chi connectivity index (χ2v) is 5.79. The number of carboxylic acid groups (broad SMARTS) is 1. The van der Waals surface area contributed by atoms with E-state index in [0.29, 0.717) is 6.61 Å². The van der Waals surface area contributed by atoms with E-state index in [1.807, 2.05) is 13.8 Å². The summed E-state index contributed by atoms with van der Waals surface area (Å²) in [5, 5.41) is 14.1. The minimum Gasteiger partial charge on any atom is -0.490 e. The number of hydrogen-bond donors (Lipinski definition) is 3. The number of rotatable bonds is 10. The van der Waals surface area contributed by atoms with Gasteiger partial charge in [0.05, 0.1) is 6.61 Å². The molecule has 2 amide bonds. The van der Waals surface area contributed by atoms with Crippen LogP contribution in [0.5, 0.6) is 11.5 Å². The van der Waals surface area contributed by atoms with Gasteiger partial charge in [-0.2, -0.15) is 0 Å². The van der Waals surface area contributed by atoms with E-state index in [0.717, 1.165) is 6.42 Å². The Morgan fingerprint density at radius 3 is 2.35 bits per heavy atom. The topological polar surface area (TPSA) is 114 Å². The third kappa shape index (κ3) is 6.62. The van der Waals surface area contributed by atoms with Crippen LogP contribution >= 0.6 is 0 Å². The number of carbonyl (C=O) groups is 3. The summed E-state index contributed by atoms with van der Waals surface area (Å²) in [7, 11) is 0. The summed E-state index contributed by atoms with van der Waals surface area (Å²) in [6.45, 7) is 7.01. The fraction of sp³-hybridized carbons (Fsp3) is 0.500. The monoisotopic (exact) mass is 366 g/mol. The van der Waals surface area contributed by atoms with Gasteiger partial charge in [-0.3, -0.25) is 9.59 Å². The number of aliphatic carboxylic acids is 1. The first-order valence-corrected chi connectivity index (χ1v) is 8.51. The molecule has 1 rings (SSSR count). The standard InChI is InChI=1S/C18H26N2O6/c1-5-11(3)19-17(23)12(4)20-18(24)13-7-8-14(26-10-16(21)22)15(9-13)25-6-2/h7-9,11-12H,5-6,10H2,1-4H3,(H,19,23)(H,20,24)(H,21,22). The van der Waals surface area contributed by atoms with Crippen LogP contribution in [0, 0.1) is 0 Å². The van der Waals surface area contributed by atoms with Crippen LogP contribution in [0.1, 0.15) is 44.5 Å². The predicted molar refractivity (Wildman–Crippen MR) is 95.6 cm³/mol. The van der Waals surface area contributed by atoms with Gasteiger partial charge >= 0.3 is 5.97 Å². The lowest BCUT2D eigenvalue weighted by Crippen LogP contribution is -2.47. The number of hydrogen-bond acceptors (Lipinski definition) is 5. The Morgan fingerprint density at radius 2 is 1.77 bits per heavy atom. The van der Waals surface area contributed by atoms with E-state index in [1.54, 1.807) is 13.8 Å². The van der Waals surface area contributed by atoms with Crippen molar-refractivity contribution in [1.82, 2.24) is 10.6 Å². The van der Waals surface area contributed by atoms with E-state index in [9.17, 15) is 14.4 Å². The van der Waals surface area contributed by atoms with Gasteiger partial charge in [0.1, 0.15) is 6.04 Å². The zero-order valence-corrected chi connectivity index (χ0v) is 15.5. The molecule has 144 valence electrons.